The molecule has 1 unspecified atom stereocenters. The number of carbonyl (C=O) groups is 1. The summed E-state index contributed by atoms with van der Waals surface area (Å²) in [5.74, 6) is 0.488. The van der Waals surface area contributed by atoms with Gasteiger partial charge in [0, 0.05) is 25.3 Å². The van der Waals surface area contributed by atoms with E-state index in [4.69, 9.17) is 4.74 Å². The van der Waals surface area contributed by atoms with Crippen molar-refractivity contribution in [3.05, 3.63) is 0 Å². The molecule has 2 rings (SSSR count). The zero-order valence-corrected chi connectivity index (χ0v) is 9.34. The second kappa shape index (κ2) is 4.39. The van der Waals surface area contributed by atoms with Crippen molar-refractivity contribution in [1.29, 1.82) is 0 Å². The first-order chi connectivity index (χ1) is 7.27. The van der Waals surface area contributed by atoms with Crippen LogP contribution in [-0.2, 0) is 4.74 Å². The van der Waals surface area contributed by atoms with E-state index in [0.29, 0.717) is 5.92 Å². The minimum absolute atomic E-state index is 0.177. The third kappa shape index (κ3) is 2.09. The van der Waals surface area contributed by atoms with E-state index in [1.807, 2.05) is 0 Å². The lowest BCUT2D eigenvalue weighted by Gasteiger charge is -2.46. The van der Waals surface area contributed by atoms with Crippen molar-refractivity contribution in [3.8, 4) is 0 Å². The molecule has 0 saturated carbocycles. The van der Waals surface area contributed by atoms with E-state index in [2.05, 4.69) is 17.6 Å². The van der Waals surface area contributed by atoms with E-state index in [9.17, 15) is 4.79 Å². The topological polar surface area (TPSA) is 50.4 Å². The number of carbonyl (C=O) groups excluding carboxylic acids is 1. The van der Waals surface area contributed by atoms with Crippen LogP contribution in [0.5, 0.6) is 0 Å². The van der Waals surface area contributed by atoms with Crippen molar-refractivity contribution in [2.45, 2.75) is 38.2 Å². The molecule has 4 heteroatoms. The molecular formula is C11H20N2O2. The number of amides is 1. The first-order valence-corrected chi connectivity index (χ1v) is 5.94. The van der Waals surface area contributed by atoms with Gasteiger partial charge < -0.3 is 15.4 Å². The molecule has 0 aromatic heterocycles. The van der Waals surface area contributed by atoms with Crippen molar-refractivity contribution < 1.29 is 9.53 Å². The number of rotatable bonds is 2. The standard InChI is InChI=1S/C11H20N2O2/c1-2-3-9-8-13-10(14)15-11(9)4-6-12-7-5-11/h9,12H,2-8H2,1H3,(H,13,14). The van der Waals surface area contributed by atoms with Crippen molar-refractivity contribution in [3.63, 3.8) is 0 Å². The van der Waals surface area contributed by atoms with Crippen LogP contribution in [-0.4, -0.2) is 31.3 Å². The molecule has 0 aromatic rings. The Morgan fingerprint density at radius 2 is 2.20 bits per heavy atom. The SMILES string of the molecule is CCCC1CNC(=O)OC12CCNCC2. The molecule has 2 aliphatic rings. The van der Waals surface area contributed by atoms with Crippen LogP contribution in [0.25, 0.3) is 0 Å². The maximum atomic E-state index is 11.3. The van der Waals surface area contributed by atoms with Crippen LogP contribution in [0.3, 0.4) is 0 Å². The van der Waals surface area contributed by atoms with Crippen LogP contribution < -0.4 is 10.6 Å². The number of alkyl carbamates (subject to hydrolysis) is 1. The number of hydrogen-bond donors (Lipinski definition) is 2. The maximum absolute atomic E-state index is 11.3. The smallest absolute Gasteiger partial charge is 0.407 e. The van der Waals surface area contributed by atoms with Crippen LogP contribution in [0.1, 0.15) is 32.6 Å². The first kappa shape index (κ1) is 10.7. The van der Waals surface area contributed by atoms with E-state index in [0.717, 1.165) is 45.3 Å². The van der Waals surface area contributed by atoms with Gasteiger partial charge in [-0.2, -0.15) is 0 Å². The Morgan fingerprint density at radius 3 is 2.87 bits per heavy atom. The monoisotopic (exact) mass is 212 g/mol. The third-order valence-corrected chi connectivity index (χ3v) is 3.62. The normalized spacial score (nSPS) is 29.7. The average Bonchev–Trinajstić information content (AvgIpc) is 2.24. The van der Waals surface area contributed by atoms with Crippen LogP contribution in [0.15, 0.2) is 0 Å². The minimum atomic E-state index is -0.232. The zero-order chi connectivity index (χ0) is 10.7. The molecule has 0 aromatic carbocycles. The molecule has 0 aliphatic carbocycles. The van der Waals surface area contributed by atoms with Gasteiger partial charge in [0.2, 0.25) is 0 Å². The summed E-state index contributed by atoms with van der Waals surface area (Å²) in [5, 5.41) is 6.13. The lowest BCUT2D eigenvalue weighted by atomic mass is 9.76. The minimum Gasteiger partial charge on any atom is -0.442 e. The van der Waals surface area contributed by atoms with Crippen LogP contribution in [0.4, 0.5) is 4.79 Å². The highest BCUT2D eigenvalue weighted by Gasteiger charge is 2.45. The molecule has 4 nitrogen and oxygen atoms in total. The number of ether oxygens (including phenoxy) is 1. The lowest BCUT2D eigenvalue weighted by molar-refractivity contribution is -0.0764. The number of hydrogen-bond acceptors (Lipinski definition) is 3. The third-order valence-electron chi connectivity index (χ3n) is 3.62. The van der Waals surface area contributed by atoms with Crippen LogP contribution in [0, 0.1) is 5.92 Å². The summed E-state index contributed by atoms with van der Waals surface area (Å²) in [7, 11) is 0. The summed E-state index contributed by atoms with van der Waals surface area (Å²) >= 11 is 0. The largest absolute Gasteiger partial charge is 0.442 e. The molecule has 1 amide bonds. The molecule has 2 aliphatic heterocycles. The van der Waals surface area contributed by atoms with E-state index in [-0.39, 0.29) is 11.7 Å². The van der Waals surface area contributed by atoms with Gasteiger partial charge in [0.25, 0.3) is 0 Å². The molecule has 1 spiro atoms. The quantitative estimate of drug-likeness (QED) is 0.724. The molecule has 2 fully saturated rings. The van der Waals surface area contributed by atoms with Crippen molar-refractivity contribution in [2.75, 3.05) is 19.6 Å². The van der Waals surface area contributed by atoms with Gasteiger partial charge in [-0.15, -0.1) is 0 Å². The second-order valence-corrected chi connectivity index (χ2v) is 4.57. The molecule has 2 N–H and O–H groups in total. The Balaban J connectivity index is 2.10. The molecular weight excluding hydrogens is 192 g/mol. The molecule has 0 radical (unpaired) electrons. The summed E-state index contributed by atoms with van der Waals surface area (Å²) in [5.41, 5.74) is -0.177. The Labute approximate surface area is 90.8 Å². The summed E-state index contributed by atoms with van der Waals surface area (Å²) in [6.07, 6.45) is 3.99. The average molecular weight is 212 g/mol. The Kier molecular flexibility index (Phi) is 3.14. The fourth-order valence-electron chi connectivity index (χ4n) is 2.77. The van der Waals surface area contributed by atoms with Crippen LogP contribution >= 0.6 is 0 Å². The van der Waals surface area contributed by atoms with Gasteiger partial charge in [-0.25, -0.2) is 4.79 Å². The van der Waals surface area contributed by atoms with Crippen molar-refractivity contribution >= 4 is 6.09 Å². The molecule has 2 heterocycles. The summed E-state index contributed by atoms with van der Waals surface area (Å²) in [6.45, 7) is 4.90. The van der Waals surface area contributed by atoms with E-state index < -0.39 is 0 Å². The van der Waals surface area contributed by atoms with Gasteiger partial charge in [0.05, 0.1) is 0 Å². The van der Waals surface area contributed by atoms with Gasteiger partial charge in [0.15, 0.2) is 0 Å². The summed E-state index contributed by atoms with van der Waals surface area (Å²) < 4.78 is 5.59. The van der Waals surface area contributed by atoms with Gasteiger partial charge in [-0.1, -0.05) is 13.3 Å². The van der Waals surface area contributed by atoms with Gasteiger partial charge >= 0.3 is 6.09 Å². The fourth-order valence-corrected chi connectivity index (χ4v) is 2.77. The lowest BCUT2D eigenvalue weighted by Crippen LogP contribution is -2.58. The summed E-state index contributed by atoms with van der Waals surface area (Å²) in [6, 6.07) is 0. The predicted octanol–water partition coefficient (Wildman–Crippen LogP) is 1.26. The molecule has 86 valence electrons. The molecule has 1 atom stereocenters. The Bertz CT molecular complexity index is 237. The number of nitrogens with one attached hydrogen (secondary N) is 2. The van der Waals surface area contributed by atoms with Crippen molar-refractivity contribution in [2.24, 2.45) is 5.92 Å². The van der Waals surface area contributed by atoms with E-state index >= 15 is 0 Å². The fraction of sp³-hybridized carbons (Fsp3) is 0.909. The molecule has 2 saturated heterocycles. The van der Waals surface area contributed by atoms with Crippen LogP contribution in [0.2, 0.25) is 0 Å². The highest BCUT2D eigenvalue weighted by molar-refractivity contribution is 5.68. The Hall–Kier alpha value is -0.770. The van der Waals surface area contributed by atoms with Crippen molar-refractivity contribution in [1.82, 2.24) is 10.6 Å². The van der Waals surface area contributed by atoms with Gasteiger partial charge in [-0.05, 0) is 19.5 Å². The zero-order valence-electron chi connectivity index (χ0n) is 9.34. The predicted molar refractivity (Wildman–Crippen MR) is 57.7 cm³/mol. The van der Waals surface area contributed by atoms with E-state index in [1.54, 1.807) is 0 Å². The summed E-state index contributed by atoms with van der Waals surface area (Å²) in [4.78, 5) is 11.3. The molecule has 0 bridgehead atoms. The molecule has 15 heavy (non-hydrogen) atoms. The highest BCUT2D eigenvalue weighted by Crippen LogP contribution is 2.36. The highest BCUT2D eigenvalue weighted by atomic mass is 16.6. The van der Waals surface area contributed by atoms with E-state index in [1.165, 1.54) is 0 Å². The first-order valence-electron chi connectivity index (χ1n) is 5.94. The second-order valence-electron chi connectivity index (χ2n) is 4.57. The Morgan fingerprint density at radius 1 is 1.47 bits per heavy atom. The maximum Gasteiger partial charge on any atom is 0.407 e. The van der Waals surface area contributed by atoms with Gasteiger partial charge in [-0.3, -0.25) is 0 Å². The number of piperidine rings is 1. The van der Waals surface area contributed by atoms with Gasteiger partial charge in [0.1, 0.15) is 5.60 Å².